The maximum absolute atomic E-state index is 13.3. The van der Waals surface area contributed by atoms with Crippen LogP contribution in [0.3, 0.4) is 0 Å². The molecule has 0 bridgehead atoms. The van der Waals surface area contributed by atoms with Crippen molar-refractivity contribution in [2.75, 3.05) is 5.32 Å². The zero-order valence-electron chi connectivity index (χ0n) is 15.2. The minimum absolute atomic E-state index is 0.227. The number of carbonyl (C=O) groups is 1. The van der Waals surface area contributed by atoms with Gasteiger partial charge in [0.1, 0.15) is 17.3 Å². The van der Waals surface area contributed by atoms with E-state index in [4.69, 9.17) is 4.74 Å². The van der Waals surface area contributed by atoms with Gasteiger partial charge >= 0.3 is 0 Å². The van der Waals surface area contributed by atoms with E-state index in [1.54, 1.807) is 44.4 Å². The molecular formula is C21H19FN2O3. The standard InChI is InChI=1S/C21H19FN2O3/c1-13-4-6-17(21(26)23-16-8-9-24(3)20(25)12-16)19(10-13)27-18-7-5-15(22)11-14(18)2/h4-12H,1-3H3,(H,23,26). The molecule has 138 valence electrons. The number of rotatable bonds is 4. The van der Waals surface area contributed by atoms with Crippen molar-refractivity contribution in [1.82, 2.24) is 4.57 Å². The Kier molecular flexibility index (Phi) is 5.07. The van der Waals surface area contributed by atoms with E-state index in [2.05, 4.69) is 5.32 Å². The lowest BCUT2D eigenvalue weighted by Gasteiger charge is -2.14. The van der Waals surface area contributed by atoms with Crippen LogP contribution < -0.4 is 15.6 Å². The first-order chi connectivity index (χ1) is 12.8. The minimum Gasteiger partial charge on any atom is -0.456 e. The van der Waals surface area contributed by atoms with Gasteiger partial charge in [0.15, 0.2) is 0 Å². The molecule has 1 aromatic heterocycles. The van der Waals surface area contributed by atoms with Gasteiger partial charge in [0, 0.05) is 25.0 Å². The summed E-state index contributed by atoms with van der Waals surface area (Å²) < 4.78 is 20.6. The van der Waals surface area contributed by atoms with Gasteiger partial charge in [0.05, 0.1) is 5.56 Å². The molecule has 0 saturated carbocycles. The highest BCUT2D eigenvalue weighted by molar-refractivity contribution is 6.06. The lowest BCUT2D eigenvalue weighted by molar-refractivity contribution is 0.102. The van der Waals surface area contributed by atoms with Gasteiger partial charge in [-0.3, -0.25) is 9.59 Å². The molecule has 2 aromatic carbocycles. The first-order valence-corrected chi connectivity index (χ1v) is 8.36. The van der Waals surface area contributed by atoms with E-state index in [1.165, 1.54) is 28.8 Å². The van der Waals surface area contributed by atoms with Crippen molar-refractivity contribution in [2.24, 2.45) is 7.05 Å². The van der Waals surface area contributed by atoms with Gasteiger partial charge in [-0.1, -0.05) is 6.07 Å². The average Bonchev–Trinajstić information content (AvgIpc) is 2.60. The Balaban J connectivity index is 1.92. The fourth-order valence-electron chi connectivity index (χ4n) is 2.57. The number of pyridine rings is 1. The van der Waals surface area contributed by atoms with E-state index >= 15 is 0 Å². The molecule has 0 saturated heterocycles. The number of aromatic nitrogens is 1. The summed E-state index contributed by atoms with van der Waals surface area (Å²) in [7, 11) is 1.63. The molecule has 1 amide bonds. The van der Waals surface area contributed by atoms with Crippen LogP contribution in [-0.4, -0.2) is 10.5 Å². The number of aryl methyl sites for hydroxylation is 3. The highest BCUT2D eigenvalue weighted by Crippen LogP contribution is 2.29. The third-order valence-corrected chi connectivity index (χ3v) is 4.10. The van der Waals surface area contributed by atoms with Gasteiger partial charge in [0.2, 0.25) is 0 Å². The predicted molar refractivity (Wildman–Crippen MR) is 102 cm³/mol. The first-order valence-electron chi connectivity index (χ1n) is 8.36. The maximum atomic E-state index is 13.3. The Bertz CT molecular complexity index is 1070. The van der Waals surface area contributed by atoms with Crippen molar-refractivity contribution >= 4 is 11.6 Å². The van der Waals surface area contributed by atoms with Crippen molar-refractivity contribution in [3.8, 4) is 11.5 Å². The van der Waals surface area contributed by atoms with Gasteiger partial charge in [-0.05, 0) is 61.4 Å². The first kappa shape index (κ1) is 18.4. The van der Waals surface area contributed by atoms with E-state index in [0.29, 0.717) is 28.3 Å². The number of hydrogen-bond acceptors (Lipinski definition) is 3. The number of carbonyl (C=O) groups excluding carboxylic acids is 1. The SMILES string of the molecule is Cc1ccc(C(=O)Nc2ccn(C)c(=O)c2)c(Oc2ccc(F)cc2C)c1. The number of nitrogens with one attached hydrogen (secondary N) is 1. The topological polar surface area (TPSA) is 60.3 Å². The fraction of sp³-hybridized carbons (Fsp3) is 0.143. The fourth-order valence-corrected chi connectivity index (χ4v) is 2.57. The van der Waals surface area contributed by atoms with Gasteiger partial charge < -0.3 is 14.6 Å². The molecule has 1 heterocycles. The molecule has 0 atom stereocenters. The number of amides is 1. The second kappa shape index (κ2) is 7.45. The van der Waals surface area contributed by atoms with E-state index in [0.717, 1.165) is 5.56 Å². The summed E-state index contributed by atoms with van der Waals surface area (Å²) in [6, 6.07) is 12.4. The normalized spacial score (nSPS) is 10.5. The summed E-state index contributed by atoms with van der Waals surface area (Å²) in [5.41, 5.74) is 2.01. The quantitative estimate of drug-likeness (QED) is 0.753. The zero-order valence-corrected chi connectivity index (χ0v) is 15.2. The Morgan fingerprint density at radius 3 is 2.52 bits per heavy atom. The Hall–Kier alpha value is -3.41. The van der Waals surface area contributed by atoms with Crippen molar-refractivity contribution < 1.29 is 13.9 Å². The molecule has 3 rings (SSSR count). The maximum Gasteiger partial charge on any atom is 0.259 e. The number of ether oxygens (including phenoxy) is 1. The van der Waals surface area contributed by atoms with Crippen LogP contribution in [0, 0.1) is 19.7 Å². The number of hydrogen-bond donors (Lipinski definition) is 1. The molecule has 5 nitrogen and oxygen atoms in total. The molecule has 0 unspecified atom stereocenters. The van der Waals surface area contributed by atoms with E-state index in [-0.39, 0.29) is 11.4 Å². The van der Waals surface area contributed by atoms with Crippen LogP contribution in [0.2, 0.25) is 0 Å². The van der Waals surface area contributed by atoms with Gasteiger partial charge in [-0.25, -0.2) is 4.39 Å². The van der Waals surface area contributed by atoms with Crippen molar-refractivity contribution in [2.45, 2.75) is 13.8 Å². The second-order valence-electron chi connectivity index (χ2n) is 6.33. The number of nitrogens with zero attached hydrogens (tertiary/aromatic N) is 1. The number of benzene rings is 2. The third-order valence-electron chi connectivity index (χ3n) is 4.10. The van der Waals surface area contributed by atoms with Crippen LogP contribution >= 0.6 is 0 Å². The zero-order chi connectivity index (χ0) is 19.6. The molecule has 0 spiro atoms. The van der Waals surface area contributed by atoms with Crippen LogP contribution in [0.25, 0.3) is 0 Å². The van der Waals surface area contributed by atoms with Crippen molar-refractivity contribution in [1.29, 1.82) is 0 Å². The Labute approximate surface area is 156 Å². The van der Waals surface area contributed by atoms with Crippen LogP contribution in [-0.2, 0) is 7.05 Å². The minimum atomic E-state index is -0.405. The smallest absolute Gasteiger partial charge is 0.259 e. The Morgan fingerprint density at radius 2 is 1.81 bits per heavy atom. The van der Waals surface area contributed by atoms with Gasteiger partial charge in [0.25, 0.3) is 11.5 Å². The van der Waals surface area contributed by atoms with Crippen LogP contribution in [0.4, 0.5) is 10.1 Å². The molecule has 0 aliphatic heterocycles. The third kappa shape index (κ3) is 4.23. The molecule has 6 heteroatoms. The summed E-state index contributed by atoms with van der Waals surface area (Å²) in [5, 5.41) is 2.70. The molecular weight excluding hydrogens is 347 g/mol. The molecule has 0 aliphatic carbocycles. The highest BCUT2D eigenvalue weighted by Gasteiger charge is 2.15. The van der Waals surface area contributed by atoms with Crippen molar-refractivity contribution in [3.63, 3.8) is 0 Å². The summed E-state index contributed by atoms with van der Waals surface area (Å²) in [4.78, 5) is 24.4. The van der Waals surface area contributed by atoms with Gasteiger partial charge in [-0.2, -0.15) is 0 Å². The molecule has 0 radical (unpaired) electrons. The molecule has 1 N–H and O–H groups in total. The summed E-state index contributed by atoms with van der Waals surface area (Å²) in [6.07, 6.45) is 1.58. The molecule has 0 aliphatic rings. The monoisotopic (exact) mass is 366 g/mol. The Morgan fingerprint density at radius 1 is 1.04 bits per heavy atom. The molecule has 3 aromatic rings. The summed E-state index contributed by atoms with van der Waals surface area (Å²) in [6.45, 7) is 3.61. The van der Waals surface area contributed by atoms with E-state index < -0.39 is 5.91 Å². The van der Waals surface area contributed by atoms with Crippen molar-refractivity contribution in [3.05, 3.63) is 87.6 Å². The van der Waals surface area contributed by atoms with Gasteiger partial charge in [-0.15, -0.1) is 0 Å². The average molecular weight is 366 g/mol. The lowest BCUT2D eigenvalue weighted by Crippen LogP contribution is -2.18. The highest BCUT2D eigenvalue weighted by atomic mass is 19.1. The molecule has 27 heavy (non-hydrogen) atoms. The van der Waals surface area contributed by atoms with Crippen LogP contribution in [0.15, 0.2) is 59.5 Å². The van der Waals surface area contributed by atoms with E-state index in [1.807, 2.05) is 6.92 Å². The predicted octanol–water partition coefficient (Wildman–Crippen LogP) is 4.19. The molecule has 0 fully saturated rings. The summed E-state index contributed by atoms with van der Waals surface area (Å²) >= 11 is 0. The second-order valence-corrected chi connectivity index (χ2v) is 6.33. The van der Waals surface area contributed by atoms with E-state index in [9.17, 15) is 14.0 Å². The number of anilines is 1. The number of halogens is 1. The largest absolute Gasteiger partial charge is 0.456 e. The van der Waals surface area contributed by atoms with Crippen LogP contribution in [0.5, 0.6) is 11.5 Å². The summed E-state index contributed by atoms with van der Waals surface area (Å²) in [5.74, 6) is 0.0569. The lowest BCUT2D eigenvalue weighted by atomic mass is 10.1. The van der Waals surface area contributed by atoms with Crippen LogP contribution in [0.1, 0.15) is 21.5 Å².